The number of likely N-dealkylation sites (tertiary alicyclic amines) is 1. The van der Waals surface area contributed by atoms with Crippen LogP contribution in [0.4, 0.5) is 0 Å². The number of hydrogen-bond acceptors (Lipinski definition) is 5. The Morgan fingerprint density at radius 1 is 1.17 bits per heavy atom. The predicted octanol–water partition coefficient (Wildman–Crippen LogP) is 3.98. The van der Waals surface area contributed by atoms with Gasteiger partial charge in [-0.1, -0.05) is 23.7 Å². The molecular formula is C21H22ClN3O3S2. The highest BCUT2D eigenvalue weighted by molar-refractivity contribution is 7.89. The number of carbonyl (C=O) groups is 1. The normalized spacial score (nSPS) is 15.8. The maximum Gasteiger partial charge on any atom is 0.243 e. The molecule has 0 radical (unpaired) electrons. The molecule has 1 fully saturated rings. The number of para-hydroxylation sites is 1. The number of sulfonamides is 1. The van der Waals surface area contributed by atoms with Gasteiger partial charge in [0.15, 0.2) is 0 Å². The Hall–Kier alpha value is -2.00. The third-order valence-corrected chi connectivity index (χ3v) is 8.66. The minimum atomic E-state index is -3.74. The van der Waals surface area contributed by atoms with E-state index >= 15 is 0 Å². The lowest BCUT2D eigenvalue weighted by molar-refractivity contribution is -0.132. The first-order valence-corrected chi connectivity index (χ1v) is 12.3. The van der Waals surface area contributed by atoms with E-state index in [1.807, 2.05) is 18.2 Å². The molecule has 0 saturated carbocycles. The van der Waals surface area contributed by atoms with Crippen molar-refractivity contribution in [2.45, 2.75) is 23.7 Å². The largest absolute Gasteiger partial charge is 0.342 e. The summed E-state index contributed by atoms with van der Waals surface area (Å²) in [5.41, 5.74) is 1.02. The standard InChI is InChI=1S/C21H22ClN3O3S2/c1-24(30(27,28)17-8-6-16(22)7-9-17)14-20(26)25-12-10-15(11-13-25)21-23-18-4-2-3-5-19(18)29-21/h2-9,15H,10-14H2,1H3. The first kappa shape index (κ1) is 21.2. The summed E-state index contributed by atoms with van der Waals surface area (Å²) in [6.45, 7) is 1.03. The number of thiazole rings is 1. The maximum atomic E-state index is 12.7. The van der Waals surface area contributed by atoms with Gasteiger partial charge in [0.1, 0.15) is 0 Å². The van der Waals surface area contributed by atoms with Crippen molar-refractivity contribution in [1.29, 1.82) is 0 Å². The molecule has 4 rings (SSSR count). The summed E-state index contributed by atoms with van der Waals surface area (Å²) in [7, 11) is -2.31. The van der Waals surface area contributed by atoms with E-state index in [2.05, 4.69) is 6.07 Å². The molecule has 1 aromatic heterocycles. The average molecular weight is 464 g/mol. The smallest absolute Gasteiger partial charge is 0.243 e. The van der Waals surface area contributed by atoms with Crippen LogP contribution in [0.5, 0.6) is 0 Å². The van der Waals surface area contributed by atoms with E-state index in [-0.39, 0.29) is 17.3 Å². The molecule has 1 aliphatic heterocycles. The molecule has 2 heterocycles. The van der Waals surface area contributed by atoms with E-state index in [9.17, 15) is 13.2 Å². The van der Waals surface area contributed by atoms with E-state index in [1.54, 1.807) is 16.2 Å². The lowest BCUT2D eigenvalue weighted by atomic mass is 9.97. The SMILES string of the molecule is CN(CC(=O)N1CCC(c2nc3ccccc3s2)CC1)S(=O)(=O)c1ccc(Cl)cc1. The number of halogens is 1. The fourth-order valence-electron chi connectivity index (χ4n) is 3.60. The second-order valence-electron chi connectivity index (χ2n) is 7.39. The fraction of sp³-hybridized carbons (Fsp3) is 0.333. The predicted molar refractivity (Wildman–Crippen MR) is 119 cm³/mol. The molecule has 2 aromatic carbocycles. The molecule has 1 amide bonds. The van der Waals surface area contributed by atoms with Gasteiger partial charge in [-0.3, -0.25) is 4.79 Å². The van der Waals surface area contributed by atoms with Gasteiger partial charge in [0.2, 0.25) is 15.9 Å². The van der Waals surface area contributed by atoms with Crippen LogP contribution >= 0.6 is 22.9 Å². The Morgan fingerprint density at radius 2 is 1.83 bits per heavy atom. The summed E-state index contributed by atoms with van der Waals surface area (Å²) in [5.74, 6) is 0.153. The summed E-state index contributed by atoms with van der Waals surface area (Å²) in [4.78, 5) is 19.3. The van der Waals surface area contributed by atoms with Gasteiger partial charge in [0.25, 0.3) is 0 Å². The number of amides is 1. The lowest BCUT2D eigenvalue weighted by Gasteiger charge is -2.32. The fourth-order valence-corrected chi connectivity index (χ4v) is 5.99. The van der Waals surface area contributed by atoms with Crippen LogP contribution in [0.15, 0.2) is 53.4 Å². The van der Waals surface area contributed by atoms with Gasteiger partial charge in [-0.15, -0.1) is 11.3 Å². The quantitative estimate of drug-likeness (QED) is 0.573. The molecule has 0 spiro atoms. The van der Waals surface area contributed by atoms with Gasteiger partial charge in [0, 0.05) is 31.1 Å². The monoisotopic (exact) mass is 463 g/mol. The van der Waals surface area contributed by atoms with Gasteiger partial charge in [-0.2, -0.15) is 4.31 Å². The minimum Gasteiger partial charge on any atom is -0.342 e. The topological polar surface area (TPSA) is 70.6 Å². The van der Waals surface area contributed by atoms with Crippen LogP contribution in [0.1, 0.15) is 23.8 Å². The van der Waals surface area contributed by atoms with Crippen LogP contribution in [-0.4, -0.2) is 55.2 Å². The Morgan fingerprint density at radius 3 is 2.50 bits per heavy atom. The van der Waals surface area contributed by atoms with Crippen LogP contribution in [-0.2, 0) is 14.8 Å². The van der Waals surface area contributed by atoms with Crippen molar-refractivity contribution >= 4 is 49.1 Å². The molecule has 158 valence electrons. The average Bonchev–Trinajstić information content (AvgIpc) is 3.18. The molecule has 3 aromatic rings. The lowest BCUT2D eigenvalue weighted by Crippen LogP contribution is -2.44. The van der Waals surface area contributed by atoms with Crippen LogP contribution in [0.2, 0.25) is 5.02 Å². The highest BCUT2D eigenvalue weighted by Crippen LogP contribution is 2.33. The Labute approximate surface area is 185 Å². The van der Waals surface area contributed by atoms with Crippen molar-refractivity contribution in [3.05, 3.63) is 58.6 Å². The van der Waals surface area contributed by atoms with Crippen LogP contribution < -0.4 is 0 Å². The van der Waals surface area contributed by atoms with Crippen molar-refractivity contribution in [3.63, 3.8) is 0 Å². The second kappa shape index (κ2) is 8.63. The van der Waals surface area contributed by atoms with Gasteiger partial charge in [-0.25, -0.2) is 13.4 Å². The zero-order valence-electron chi connectivity index (χ0n) is 16.5. The molecule has 0 unspecified atom stereocenters. The number of fused-ring (bicyclic) bond motifs is 1. The summed E-state index contributed by atoms with van der Waals surface area (Å²) in [6.07, 6.45) is 1.67. The number of rotatable bonds is 5. The zero-order chi connectivity index (χ0) is 21.3. The van der Waals surface area contributed by atoms with Crippen LogP contribution in [0.3, 0.4) is 0 Å². The van der Waals surface area contributed by atoms with Crippen molar-refractivity contribution in [3.8, 4) is 0 Å². The second-order valence-corrected chi connectivity index (χ2v) is 10.9. The van der Waals surface area contributed by atoms with Crippen molar-refractivity contribution < 1.29 is 13.2 Å². The number of likely N-dealkylation sites (N-methyl/N-ethyl adjacent to an activating group) is 1. The number of piperidine rings is 1. The van der Waals surface area contributed by atoms with Crippen molar-refractivity contribution in [2.75, 3.05) is 26.7 Å². The molecule has 0 atom stereocenters. The minimum absolute atomic E-state index is 0.122. The first-order chi connectivity index (χ1) is 14.3. The van der Waals surface area contributed by atoms with E-state index in [4.69, 9.17) is 16.6 Å². The number of benzene rings is 2. The van der Waals surface area contributed by atoms with Crippen molar-refractivity contribution in [1.82, 2.24) is 14.2 Å². The third kappa shape index (κ3) is 4.37. The Balaban J connectivity index is 1.36. The molecule has 0 bridgehead atoms. The number of hydrogen-bond donors (Lipinski definition) is 0. The van der Waals surface area contributed by atoms with Gasteiger partial charge < -0.3 is 4.90 Å². The molecule has 0 aliphatic carbocycles. The summed E-state index contributed by atoms with van der Waals surface area (Å²) < 4.78 is 27.7. The van der Waals surface area contributed by atoms with Gasteiger partial charge >= 0.3 is 0 Å². The number of carbonyl (C=O) groups excluding carboxylic acids is 1. The van der Waals surface area contributed by atoms with Crippen molar-refractivity contribution in [2.24, 2.45) is 0 Å². The Bertz CT molecular complexity index is 1120. The van der Waals surface area contributed by atoms with E-state index < -0.39 is 10.0 Å². The highest BCUT2D eigenvalue weighted by atomic mass is 35.5. The summed E-state index contributed by atoms with van der Waals surface area (Å²) >= 11 is 7.55. The highest BCUT2D eigenvalue weighted by Gasteiger charge is 2.29. The first-order valence-electron chi connectivity index (χ1n) is 9.70. The summed E-state index contributed by atoms with van der Waals surface area (Å²) in [5, 5.41) is 1.58. The van der Waals surface area contributed by atoms with Crippen LogP contribution in [0, 0.1) is 0 Å². The van der Waals surface area contributed by atoms with Crippen LogP contribution in [0.25, 0.3) is 10.2 Å². The molecule has 1 aliphatic rings. The molecular weight excluding hydrogens is 442 g/mol. The molecule has 1 saturated heterocycles. The zero-order valence-corrected chi connectivity index (χ0v) is 18.9. The van der Waals surface area contributed by atoms with E-state index in [0.29, 0.717) is 24.0 Å². The number of nitrogens with zero attached hydrogens (tertiary/aromatic N) is 3. The molecule has 0 N–H and O–H groups in total. The van der Waals surface area contributed by atoms with Gasteiger partial charge in [0.05, 0.1) is 26.7 Å². The third-order valence-electron chi connectivity index (χ3n) is 5.39. The van der Waals surface area contributed by atoms with Gasteiger partial charge in [-0.05, 0) is 49.2 Å². The summed E-state index contributed by atoms with van der Waals surface area (Å²) in [6, 6.07) is 14.0. The molecule has 6 nitrogen and oxygen atoms in total. The maximum absolute atomic E-state index is 12.7. The van der Waals surface area contributed by atoms with E-state index in [1.165, 1.54) is 36.0 Å². The molecule has 9 heteroatoms. The molecule has 30 heavy (non-hydrogen) atoms. The Kier molecular flexibility index (Phi) is 6.11. The number of aromatic nitrogens is 1. The van der Waals surface area contributed by atoms with E-state index in [0.717, 1.165) is 27.7 Å².